The summed E-state index contributed by atoms with van der Waals surface area (Å²) in [7, 11) is 0. The van der Waals surface area contributed by atoms with E-state index in [4.69, 9.17) is 0 Å². The maximum absolute atomic E-state index is 12.3. The predicted molar refractivity (Wildman–Crippen MR) is 106 cm³/mol. The van der Waals surface area contributed by atoms with Crippen LogP contribution in [-0.4, -0.2) is 47.2 Å². The Balaban J connectivity index is 1.80. The molecule has 0 saturated carbocycles. The van der Waals surface area contributed by atoms with Crippen LogP contribution in [0, 0.1) is 10.1 Å². The van der Waals surface area contributed by atoms with Crippen LogP contribution in [0.4, 0.5) is 5.69 Å². The molecule has 2 aromatic carbocycles. The highest BCUT2D eigenvalue weighted by atomic mass is 16.6. The Bertz CT molecular complexity index is 885. The number of likely N-dealkylation sites (N-methyl/N-ethyl adjacent to an activating group) is 1. The minimum absolute atomic E-state index is 0.0723. The summed E-state index contributed by atoms with van der Waals surface area (Å²) in [6.07, 6.45) is 0. The summed E-state index contributed by atoms with van der Waals surface area (Å²) in [5.41, 5.74) is 0.840. The van der Waals surface area contributed by atoms with Crippen molar-refractivity contribution in [2.24, 2.45) is 0 Å². The smallest absolute Gasteiger partial charge is 0.270 e. The molecule has 0 bridgehead atoms. The van der Waals surface area contributed by atoms with Crippen molar-refractivity contribution in [2.75, 3.05) is 19.6 Å². The lowest BCUT2D eigenvalue weighted by atomic mass is 10.2. The monoisotopic (exact) mass is 398 g/mol. The van der Waals surface area contributed by atoms with Gasteiger partial charge >= 0.3 is 0 Å². The molecule has 0 aliphatic carbocycles. The maximum atomic E-state index is 12.3. The molecular weight excluding hydrogens is 376 g/mol. The number of hydrogen-bond donors (Lipinski definition) is 2. The zero-order valence-electron chi connectivity index (χ0n) is 16.0. The molecule has 0 fully saturated rings. The van der Waals surface area contributed by atoms with Crippen LogP contribution < -0.4 is 10.6 Å². The fraction of sp³-hybridized carbons (Fsp3) is 0.250. The van der Waals surface area contributed by atoms with E-state index in [0.717, 1.165) is 11.6 Å². The third-order valence-corrected chi connectivity index (χ3v) is 4.12. The number of benzene rings is 2. The molecule has 2 aromatic rings. The topological polar surface area (TPSA) is 122 Å². The molecule has 2 N–H and O–H groups in total. The highest BCUT2D eigenvalue weighted by molar-refractivity contribution is 5.97. The van der Waals surface area contributed by atoms with E-state index in [-0.39, 0.29) is 30.2 Å². The van der Waals surface area contributed by atoms with Gasteiger partial charge in [0, 0.05) is 30.8 Å². The average Bonchev–Trinajstić information content (AvgIpc) is 2.74. The molecule has 0 radical (unpaired) electrons. The van der Waals surface area contributed by atoms with Gasteiger partial charge < -0.3 is 15.5 Å². The third-order valence-electron chi connectivity index (χ3n) is 4.12. The largest absolute Gasteiger partial charge is 0.345 e. The summed E-state index contributed by atoms with van der Waals surface area (Å²) < 4.78 is 0. The van der Waals surface area contributed by atoms with Gasteiger partial charge in [0.2, 0.25) is 11.8 Å². The summed E-state index contributed by atoms with van der Waals surface area (Å²) in [6, 6.07) is 14.7. The van der Waals surface area contributed by atoms with Crippen molar-refractivity contribution in [3.8, 4) is 0 Å². The summed E-state index contributed by atoms with van der Waals surface area (Å²) in [4.78, 5) is 48.0. The molecule has 152 valence electrons. The van der Waals surface area contributed by atoms with Gasteiger partial charge in [-0.1, -0.05) is 36.4 Å². The quantitative estimate of drug-likeness (QED) is 0.490. The summed E-state index contributed by atoms with van der Waals surface area (Å²) in [5, 5.41) is 15.6. The maximum Gasteiger partial charge on any atom is 0.270 e. The van der Waals surface area contributed by atoms with Crippen molar-refractivity contribution in [1.82, 2.24) is 15.5 Å². The normalized spacial score (nSPS) is 10.1. The van der Waals surface area contributed by atoms with E-state index in [1.165, 1.54) is 18.2 Å². The number of amides is 3. The van der Waals surface area contributed by atoms with Gasteiger partial charge in [-0.3, -0.25) is 24.5 Å². The first-order valence-corrected chi connectivity index (χ1v) is 9.01. The molecule has 0 spiro atoms. The Morgan fingerprint density at radius 3 is 2.38 bits per heavy atom. The van der Waals surface area contributed by atoms with Crippen molar-refractivity contribution in [1.29, 1.82) is 0 Å². The second-order valence-corrected chi connectivity index (χ2v) is 6.16. The third kappa shape index (κ3) is 6.73. The number of rotatable bonds is 9. The second-order valence-electron chi connectivity index (χ2n) is 6.16. The lowest BCUT2D eigenvalue weighted by Crippen LogP contribution is -2.43. The standard InChI is InChI=1S/C20H22N4O5/c1-2-23(14-15-7-4-3-5-8-15)19(26)13-21-18(25)12-22-20(27)16-9-6-10-17(11-16)24(28)29/h3-11H,2,12-14H2,1H3,(H,21,25)(H,22,27). The van der Waals surface area contributed by atoms with Crippen LogP contribution >= 0.6 is 0 Å². The number of non-ortho nitro benzene ring substituents is 1. The Hall–Kier alpha value is -3.75. The van der Waals surface area contributed by atoms with Gasteiger partial charge in [-0.25, -0.2) is 0 Å². The first-order valence-electron chi connectivity index (χ1n) is 9.01. The van der Waals surface area contributed by atoms with Crippen LogP contribution in [-0.2, 0) is 16.1 Å². The Labute approximate surface area is 167 Å². The van der Waals surface area contributed by atoms with Crippen LogP contribution in [0.3, 0.4) is 0 Å². The van der Waals surface area contributed by atoms with Gasteiger partial charge in [-0.05, 0) is 18.6 Å². The Kier molecular flexibility index (Phi) is 7.84. The first-order chi connectivity index (χ1) is 13.9. The van der Waals surface area contributed by atoms with E-state index in [1.807, 2.05) is 37.3 Å². The average molecular weight is 398 g/mol. The van der Waals surface area contributed by atoms with Crippen LogP contribution in [0.5, 0.6) is 0 Å². The zero-order valence-corrected chi connectivity index (χ0v) is 16.0. The van der Waals surface area contributed by atoms with Gasteiger partial charge in [0.25, 0.3) is 11.6 Å². The highest BCUT2D eigenvalue weighted by Crippen LogP contribution is 2.12. The molecular formula is C20H22N4O5. The van der Waals surface area contributed by atoms with Crippen molar-refractivity contribution >= 4 is 23.4 Å². The molecule has 0 aliphatic rings. The van der Waals surface area contributed by atoms with Gasteiger partial charge in [0.05, 0.1) is 18.0 Å². The summed E-state index contributed by atoms with van der Waals surface area (Å²) in [6.45, 7) is 2.25. The van der Waals surface area contributed by atoms with Crippen LogP contribution in [0.1, 0.15) is 22.8 Å². The van der Waals surface area contributed by atoms with Crippen molar-refractivity contribution in [3.05, 3.63) is 75.8 Å². The molecule has 0 aromatic heterocycles. The highest BCUT2D eigenvalue weighted by Gasteiger charge is 2.15. The molecule has 0 unspecified atom stereocenters. The van der Waals surface area contributed by atoms with Crippen LogP contribution in [0.2, 0.25) is 0 Å². The molecule has 2 rings (SSSR count). The predicted octanol–water partition coefficient (Wildman–Crippen LogP) is 1.49. The van der Waals surface area contributed by atoms with E-state index < -0.39 is 16.7 Å². The van der Waals surface area contributed by atoms with E-state index in [2.05, 4.69) is 10.6 Å². The molecule has 0 atom stereocenters. The lowest BCUT2D eigenvalue weighted by molar-refractivity contribution is -0.384. The number of carbonyl (C=O) groups is 3. The number of nitrogens with zero attached hydrogens (tertiary/aromatic N) is 2. The summed E-state index contributed by atoms with van der Waals surface area (Å²) >= 11 is 0. The van der Waals surface area contributed by atoms with Gasteiger partial charge in [-0.2, -0.15) is 0 Å². The van der Waals surface area contributed by atoms with Crippen LogP contribution in [0.15, 0.2) is 54.6 Å². The Morgan fingerprint density at radius 2 is 1.72 bits per heavy atom. The van der Waals surface area contributed by atoms with Crippen molar-refractivity contribution in [3.63, 3.8) is 0 Å². The fourth-order valence-corrected chi connectivity index (χ4v) is 2.55. The molecule has 9 nitrogen and oxygen atoms in total. The SMILES string of the molecule is CCN(Cc1ccccc1)C(=O)CNC(=O)CNC(=O)c1cccc([N+](=O)[O-])c1. The molecule has 9 heteroatoms. The van der Waals surface area contributed by atoms with Gasteiger partial charge in [-0.15, -0.1) is 0 Å². The molecule has 0 saturated heterocycles. The molecule has 0 aliphatic heterocycles. The van der Waals surface area contributed by atoms with Crippen LogP contribution in [0.25, 0.3) is 0 Å². The van der Waals surface area contributed by atoms with Crippen molar-refractivity contribution < 1.29 is 19.3 Å². The zero-order chi connectivity index (χ0) is 21.2. The molecule has 29 heavy (non-hydrogen) atoms. The van der Waals surface area contributed by atoms with E-state index in [9.17, 15) is 24.5 Å². The minimum Gasteiger partial charge on any atom is -0.345 e. The van der Waals surface area contributed by atoms with Gasteiger partial charge in [0.1, 0.15) is 0 Å². The van der Waals surface area contributed by atoms with Gasteiger partial charge in [0.15, 0.2) is 0 Å². The lowest BCUT2D eigenvalue weighted by Gasteiger charge is -2.21. The first kappa shape index (κ1) is 21.5. The second kappa shape index (κ2) is 10.5. The number of nitrogens with one attached hydrogen (secondary N) is 2. The minimum atomic E-state index is -0.616. The van der Waals surface area contributed by atoms with E-state index in [1.54, 1.807) is 4.90 Å². The molecule has 0 heterocycles. The number of carbonyl (C=O) groups excluding carboxylic acids is 3. The number of hydrogen-bond acceptors (Lipinski definition) is 5. The summed E-state index contributed by atoms with van der Waals surface area (Å²) in [5.74, 6) is -1.39. The Morgan fingerprint density at radius 1 is 1.00 bits per heavy atom. The molecule has 3 amide bonds. The number of nitro groups is 1. The van der Waals surface area contributed by atoms with Crippen molar-refractivity contribution in [2.45, 2.75) is 13.5 Å². The van der Waals surface area contributed by atoms with E-state index in [0.29, 0.717) is 13.1 Å². The van der Waals surface area contributed by atoms with E-state index >= 15 is 0 Å². The number of nitro benzene ring substituents is 1. The fourth-order valence-electron chi connectivity index (χ4n) is 2.55.